The van der Waals surface area contributed by atoms with Gasteiger partial charge in [0.05, 0.1) is 5.75 Å². The molecule has 2 aromatic carbocycles. The monoisotopic (exact) mass is 426 g/mol. The number of carbonyl (C=O) groups excluding carboxylic acids is 2. The van der Waals surface area contributed by atoms with Gasteiger partial charge >= 0.3 is 0 Å². The second kappa shape index (κ2) is 10.0. The molecule has 0 atom stereocenters. The van der Waals surface area contributed by atoms with Crippen LogP contribution in [0.3, 0.4) is 0 Å². The molecule has 3 rings (SSSR count). The molecule has 0 fully saturated rings. The van der Waals surface area contributed by atoms with Crippen molar-refractivity contribution < 1.29 is 9.59 Å². The van der Waals surface area contributed by atoms with E-state index >= 15 is 0 Å². The van der Waals surface area contributed by atoms with Crippen LogP contribution in [-0.2, 0) is 11.3 Å². The van der Waals surface area contributed by atoms with Crippen LogP contribution in [0, 0.1) is 6.92 Å². The van der Waals surface area contributed by atoms with Crippen LogP contribution in [0.4, 0.5) is 5.82 Å². The number of benzene rings is 2. The van der Waals surface area contributed by atoms with Crippen LogP contribution in [0.15, 0.2) is 65.7 Å². The van der Waals surface area contributed by atoms with E-state index in [1.807, 2.05) is 37.3 Å². The van der Waals surface area contributed by atoms with Gasteiger partial charge in [0, 0.05) is 17.1 Å². The number of thioether (sulfide) groups is 1. The molecule has 0 aliphatic heterocycles. The third-order valence-corrected chi connectivity index (χ3v) is 5.27. The molecule has 29 heavy (non-hydrogen) atoms. The molecule has 0 saturated carbocycles. The van der Waals surface area contributed by atoms with Crippen molar-refractivity contribution in [3.05, 3.63) is 82.4 Å². The second-order valence-corrected chi connectivity index (χ2v) is 7.64. The maximum absolute atomic E-state index is 12.2. The molecule has 3 aromatic rings. The fourth-order valence-corrected chi connectivity index (χ4v) is 3.23. The summed E-state index contributed by atoms with van der Waals surface area (Å²) in [6.45, 7) is 2.33. The largest absolute Gasteiger partial charge is 0.351 e. The normalized spacial score (nSPS) is 10.4. The van der Waals surface area contributed by atoms with Gasteiger partial charge in [0.25, 0.3) is 5.91 Å². The van der Waals surface area contributed by atoms with Gasteiger partial charge < -0.3 is 10.6 Å². The van der Waals surface area contributed by atoms with Crippen molar-refractivity contribution in [3.63, 3.8) is 0 Å². The Hall–Kier alpha value is -2.90. The van der Waals surface area contributed by atoms with Crippen molar-refractivity contribution in [3.8, 4) is 0 Å². The van der Waals surface area contributed by atoms with E-state index in [-0.39, 0.29) is 17.6 Å². The highest BCUT2D eigenvalue weighted by Gasteiger charge is 2.09. The Bertz CT molecular complexity index is 994. The van der Waals surface area contributed by atoms with Crippen LogP contribution in [0.2, 0.25) is 5.02 Å². The number of rotatable bonds is 7. The van der Waals surface area contributed by atoms with Gasteiger partial charge in [-0.3, -0.25) is 9.59 Å². The third-order valence-electron chi connectivity index (χ3n) is 3.98. The first kappa shape index (κ1) is 20.8. The molecular weight excluding hydrogens is 408 g/mol. The lowest BCUT2D eigenvalue weighted by Gasteiger charge is -2.07. The number of hydrogen-bond donors (Lipinski definition) is 2. The fourth-order valence-electron chi connectivity index (χ4n) is 2.38. The first-order valence-corrected chi connectivity index (χ1v) is 10.2. The molecule has 8 heteroatoms. The maximum Gasteiger partial charge on any atom is 0.256 e. The first-order chi connectivity index (χ1) is 14.0. The summed E-state index contributed by atoms with van der Waals surface area (Å²) < 4.78 is 0. The smallest absolute Gasteiger partial charge is 0.256 e. The summed E-state index contributed by atoms with van der Waals surface area (Å²) in [6.07, 6.45) is 0. The summed E-state index contributed by atoms with van der Waals surface area (Å²) in [7, 11) is 0. The molecule has 1 aromatic heterocycles. The van der Waals surface area contributed by atoms with E-state index in [9.17, 15) is 9.59 Å². The summed E-state index contributed by atoms with van der Waals surface area (Å²) in [5.74, 6) is 0.170. The number of hydrogen-bond acceptors (Lipinski definition) is 5. The van der Waals surface area contributed by atoms with Gasteiger partial charge in [-0.05, 0) is 42.8 Å². The number of halogens is 1. The fraction of sp³-hybridized carbons (Fsp3) is 0.143. The minimum atomic E-state index is -0.251. The minimum absolute atomic E-state index is 0.131. The first-order valence-electron chi connectivity index (χ1n) is 8.86. The van der Waals surface area contributed by atoms with Crippen molar-refractivity contribution >= 4 is 41.0 Å². The zero-order valence-electron chi connectivity index (χ0n) is 15.7. The van der Waals surface area contributed by atoms with Crippen LogP contribution >= 0.6 is 23.4 Å². The van der Waals surface area contributed by atoms with E-state index in [0.29, 0.717) is 28.0 Å². The maximum atomic E-state index is 12.2. The number of aromatic nitrogens is 2. The van der Waals surface area contributed by atoms with Gasteiger partial charge in [0.2, 0.25) is 5.91 Å². The van der Waals surface area contributed by atoms with E-state index in [0.717, 1.165) is 11.1 Å². The zero-order chi connectivity index (χ0) is 20.6. The molecule has 6 nitrogen and oxygen atoms in total. The molecule has 2 amide bonds. The average molecular weight is 427 g/mol. The lowest BCUT2D eigenvalue weighted by molar-refractivity contribution is -0.118. The molecule has 0 unspecified atom stereocenters. The Morgan fingerprint density at radius 1 is 1.00 bits per heavy atom. The summed E-state index contributed by atoms with van der Waals surface area (Å²) in [4.78, 5) is 24.2. The Morgan fingerprint density at radius 2 is 1.76 bits per heavy atom. The lowest BCUT2D eigenvalue weighted by atomic mass is 10.1. The number of nitrogens with zero attached hydrogens (tertiary/aromatic N) is 2. The summed E-state index contributed by atoms with van der Waals surface area (Å²) in [6, 6.07) is 18.0. The Kier molecular flexibility index (Phi) is 7.21. The van der Waals surface area contributed by atoms with E-state index in [1.54, 1.807) is 30.3 Å². The topological polar surface area (TPSA) is 84.0 Å². The van der Waals surface area contributed by atoms with E-state index in [4.69, 9.17) is 11.6 Å². The Morgan fingerprint density at radius 3 is 2.45 bits per heavy atom. The molecule has 1 heterocycles. The Labute approximate surface area is 178 Å². The molecule has 0 bridgehead atoms. The highest BCUT2D eigenvalue weighted by Crippen LogP contribution is 2.17. The van der Waals surface area contributed by atoms with Gasteiger partial charge in [-0.1, -0.05) is 59.3 Å². The predicted octanol–water partition coefficient (Wildman–Crippen LogP) is 4.10. The van der Waals surface area contributed by atoms with Crippen LogP contribution in [-0.4, -0.2) is 27.8 Å². The molecule has 0 radical (unpaired) electrons. The van der Waals surface area contributed by atoms with Gasteiger partial charge in [0.15, 0.2) is 5.82 Å². The van der Waals surface area contributed by atoms with Gasteiger partial charge in [-0.15, -0.1) is 10.2 Å². The molecule has 0 aliphatic rings. The Balaban J connectivity index is 1.46. The van der Waals surface area contributed by atoms with Gasteiger partial charge in [-0.25, -0.2) is 0 Å². The van der Waals surface area contributed by atoms with Crippen molar-refractivity contribution in [1.29, 1.82) is 0 Å². The van der Waals surface area contributed by atoms with E-state index in [1.165, 1.54) is 11.8 Å². The number of amides is 2. The second-order valence-electron chi connectivity index (χ2n) is 6.23. The molecule has 148 valence electrons. The number of nitrogens with one attached hydrogen (secondary N) is 2. The number of carbonyl (C=O) groups is 2. The molecule has 0 spiro atoms. The molecular formula is C21H19ClN4O2S. The van der Waals surface area contributed by atoms with Crippen LogP contribution in [0.5, 0.6) is 0 Å². The van der Waals surface area contributed by atoms with E-state index in [2.05, 4.69) is 20.8 Å². The quantitative estimate of drug-likeness (QED) is 0.555. The highest BCUT2D eigenvalue weighted by molar-refractivity contribution is 7.99. The third kappa shape index (κ3) is 6.30. The van der Waals surface area contributed by atoms with Crippen LogP contribution in [0.25, 0.3) is 0 Å². The summed E-state index contributed by atoms with van der Waals surface area (Å²) in [5, 5.41) is 14.8. The predicted molar refractivity (Wildman–Crippen MR) is 115 cm³/mol. The van der Waals surface area contributed by atoms with Crippen molar-refractivity contribution in [2.24, 2.45) is 0 Å². The number of aryl methyl sites for hydroxylation is 1. The lowest BCUT2D eigenvalue weighted by Crippen LogP contribution is -2.24. The van der Waals surface area contributed by atoms with Crippen LogP contribution in [0.1, 0.15) is 21.5 Å². The zero-order valence-corrected chi connectivity index (χ0v) is 17.3. The SMILES string of the molecule is Cc1ccc(C(=O)Nc2ccc(SCC(=O)NCc3ccccc3Cl)nn2)cc1. The van der Waals surface area contributed by atoms with Crippen molar-refractivity contribution in [1.82, 2.24) is 15.5 Å². The number of anilines is 1. The molecule has 2 N–H and O–H groups in total. The van der Waals surface area contributed by atoms with Crippen molar-refractivity contribution in [2.45, 2.75) is 18.5 Å². The van der Waals surface area contributed by atoms with E-state index < -0.39 is 0 Å². The summed E-state index contributed by atoms with van der Waals surface area (Å²) in [5.41, 5.74) is 2.49. The highest BCUT2D eigenvalue weighted by atomic mass is 35.5. The van der Waals surface area contributed by atoms with Gasteiger partial charge in [-0.2, -0.15) is 0 Å². The van der Waals surface area contributed by atoms with Crippen LogP contribution < -0.4 is 10.6 Å². The van der Waals surface area contributed by atoms with Crippen molar-refractivity contribution in [2.75, 3.05) is 11.1 Å². The average Bonchev–Trinajstić information content (AvgIpc) is 2.73. The summed E-state index contributed by atoms with van der Waals surface area (Å²) >= 11 is 7.33. The standard InChI is InChI=1S/C21H19ClN4O2S/c1-14-6-8-15(9-7-14)21(28)24-18-10-11-20(26-25-18)29-13-19(27)23-12-16-4-2-3-5-17(16)22/h2-11H,12-13H2,1H3,(H,23,27)(H,24,25,28). The molecule has 0 aliphatic carbocycles. The molecule has 0 saturated heterocycles. The minimum Gasteiger partial charge on any atom is -0.351 e. The van der Waals surface area contributed by atoms with Gasteiger partial charge in [0.1, 0.15) is 5.03 Å².